The van der Waals surface area contributed by atoms with Crippen LogP contribution in [0.3, 0.4) is 0 Å². The molecule has 0 aliphatic heterocycles. The summed E-state index contributed by atoms with van der Waals surface area (Å²) < 4.78 is 34.6. The van der Waals surface area contributed by atoms with Crippen molar-refractivity contribution >= 4 is 62.3 Å². The van der Waals surface area contributed by atoms with Crippen molar-refractivity contribution in [1.82, 2.24) is 10.2 Å². The average Bonchev–Trinajstić information content (AvgIpc) is 3.01. The van der Waals surface area contributed by atoms with Crippen LogP contribution in [-0.2, 0) is 26.2 Å². The summed E-state index contributed by atoms with van der Waals surface area (Å²) in [4.78, 5) is 29.4. The first-order valence-corrected chi connectivity index (χ1v) is 17.1. The molecule has 3 aromatic rings. The van der Waals surface area contributed by atoms with Gasteiger partial charge in [0, 0.05) is 27.7 Å². The quantitative estimate of drug-likeness (QED) is 0.220. The van der Waals surface area contributed by atoms with Crippen LogP contribution in [-0.4, -0.2) is 50.9 Å². The number of sulfonamides is 1. The molecule has 0 spiro atoms. The second-order valence-electron chi connectivity index (χ2n) is 10.7. The van der Waals surface area contributed by atoms with Gasteiger partial charge >= 0.3 is 0 Å². The third-order valence-corrected chi connectivity index (χ3v) is 10.3. The van der Waals surface area contributed by atoms with Crippen LogP contribution in [0.25, 0.3) is 0 Å². The van der Waals surface area contributed by atoms with E-state index in [9.17, 15) is 18.0 Å². The number of carbonyl (C=O) groups excluding carboxylic acids is 2. The number of nitrogens with zero attached hydrogens (tertiary/aromatic N) is 2. The van der Waals surface area contributed by atoms with Gasteiger partial charge in [0.1, 0.15) is 18.3 Å². The molecular weight excluding hydrogens is 645 g/mol. The number of methoxy groups -OCH3 is 1. The van der Waals surface area contributed by atoms with Crippen molar-refractivity contribution in [2.24, 2.45) is 0 Å². The highest BCUT2D eigenvalue weighted by Crippen LogP contribution is 2.35. The summed E-state index contributed by atoms with van der Waals surface area (Å²) in [5, 5.41) is 4.12. The standard InChI is InChI=1S/C32H36Cl3N3O5S/c1-3-28(32(40)36-25-10-6-4-7-11-25)37(20-22-14-15-23(33)18-27(22)35)31(39)21-38(29-19-24(34)16-17-30(29)43-2)44(41,42)26-12-8-5-9-13-26/h5,8-9,12-19,25,28H,3-4,6-7,10-11,20-21H2,1-2H3,(H,36,40)/t28-/m1/s1. The van der Waals surface area contributed by atoms with E-state index < -0.39 is 28.5 Å². The number of nitrogens with one attached hydrogen (secondary N) is 1. The maximum Gasteiger partial charge on any atom is 0.264 e. The van der Waals surface area contributed by atoms with Gasteiger partial charge in [-0.25, -0.2) is 8.42 Å². The molecule has 1 fully saturated rings. The van der Waals surface area contributed by atoms with Crippen molar-refractivity contribution in [3.8, 4) is 5.75 Å². The minimum atomic E-state index is -4.29. The van der Waals surface area contributed by atoms with Crippen LogP contribution in [0, 0.1) is 0 Å². The molecule has 0 radical (unpaired) electrons. The fourth-order valence-corrected chi connectivity index (χ4v) is 7.46. The van der Waals surface area contributed by atoms with E-state index in [1.165, 1.54) is 36.3 Å². The largest absolute Gasteiger partial charge is 0.495 e. The van der Waals surface area contributed by atoms with Gasteiger partial charge in [-0.15, -0.1) is 0 Å². The number of hydrogen-bond acceptors (Lipinski definition) is 5. The van der Waals surface area contributed by atoms with Gasteiger partial charge in [0.05, 0.1) is 17.7 Å². The summed E-state index contributed by atoms with van der Waals surface area (Å²) in [6.45, 7) is 1.14. The summed E-state index contributed by atoms with van der Waals surface area (Å²) in [6.07, 6.45) is 5.22. The Morgan fingerprint density at radius 2 is 1.61 bits per heavy atom. The van der Waals surface area contributed by atoms with Crippen molar-refractivity contribution in [3.05, 3.63) is 87.4 Å². The van der Waals surface area contributed by atoms with Gasteiger partial charge in [-0.3, -0.25) is 13.9 Å². The molecule has 0 unspecified atom stereocenters. The molecule has 3 aromatic carbocycles. The summed E-state index contributed by atoms with van der Waals surface area (Å²) in [7, 11) is -2.89. The SMILES string of the molecule is CC[C@H](C(=O)NC1CCCCC1)N(Cc1ccc(Cl)cc1Cl)C(=O)CN(c1cc(Cl)ccc1OC)S(=O)(=O)c1ccccc1. The lowest BCUT2D eigenvalue weighted by Gasteiger charge is -2.35. The number of halogens is 3. The fraction of sp³-hybridized carbons (Fsp3) is 0.375. The van der Waals surface area contributed by atoms with Crippen LogP contribution in [0.5, 0.6) is 5.75 Å². The van der Waals surface area contributed by atoms with E-state index >= 15 is 0 Å². The summed E-state index contributed by atoms with van der Waals surface area (Å²) in [5.41, 5.74) is 0.646. The van der Waals surface area contributed by atoms with Crippen molar-refractivity contribution < 1.29 is 22.7 Å². The monoisotopic (exact) mass is 679 g/mol. The number of amides is 2. The predicted octanol–water partition coefficient (Wildman–Crippen LogP) is 7.11. The van der Waals surface area contributed by atoms with Crippen molar-refractivity contribution in [1.29, 1.82) is 0 Å². The lowest BCUT2D eigenvalue weighted by molar-refractivity contribution is -0.140. The normalized spacial score (nSPS) is 14.5. The maximum atomic E-state index is 14.4. The summed E-state index contributed by atoms with van der Waals surface area (Å²) >= 11 is 18.9. The third kappa shape index (κ3) is 8.18. The zero-order valence-corrected chi connectivity index (χ0v) is 27.7. The van der Waals surface area contributed by atoms with Gasteiger partial charge in [-0.2, -0.15) is 0 Å². The second-order valence-corrected chi connectivity index (χ2v) is 13.8. The van der Waals surface area contributed by atoms with Gasteiger partial charge in [-0.1, -0.05) is 85.3 Å². The molecule has 0 saturated heterocycles. The van der Waals surface area contributed by atoms with Gasteiger partial charge < -0.3 is 15.0 Å². The van der Waals surface area contributed by atoms with Crippen LogP contribution >= 0.6 is 34.8 Å². The molecular formula is C32H36Cl3N3O5S. The fourth-order valence-electron chi connectivity index (χ4n) is 5.39. The molecule has 0 heterocycles. The number of hydrogen-bond donors (Lipinski definition) is 1. The Labute approximate surface area is 274 Å². The first-order valence-electron chi connectivity index (χ1n) is 14.5. The number of rotatable bonds is 12. The molecule has 0 bridgehead atoms. The first kappa shape index (κ1) is 33.9. The minimum Gasteiger partial charge on any atom is -0.495 e. The lowest BCUT2D eigenvalue weighted by Crippen LogP contribution is -2.54. The third-order valence-electron chi connectivity index (χ3n) is 7.71. The lowest BCUT2D eigenvalue weighted by atomic mass is 9.95. The van der Waals surface area contributed by atoms with Crippen molar-refractivity contribution in [3.63, 3.8) is 0 Å². The Hall–Kier alpha value is -2.98. The smallest absolute Gasteiger partial charge is 0.264 e. The van der Waals surface area contributed by atoms with E-state index in [-0.39, 0.29) is 39.8 Å². The van der Waals surface area contributed by atoms with Crippen molar-refractivity contribution in [2.75, 3.05) is 18.0 Å². The number of carbonyl (C=O) groups is 2. The highest BCUT2D eigenvalue weighted by Gasteiger charge is 2.35. The predicted molar refractivity (Wildman–Crippen MR) is 175 cm³/mol. The molecule has 236 valence electrons. The molecule has 1 N–H and O–H groups in total. The summed E-state index contributed by atoms with van der Waals surface area (Å²) in [6, 6.07) is 16.3. The molecule has 8 nitrogen and oxygen atoms in total. The number of ether oxygens (including phenoxy) is 1. The number of anilines is 1. The van der Waals surface area contributed by atoms with Crippen LogP contribution in [0.15, 0.2) is 71.6 Å². The zero-order chi connectivity index (χ0) is 31.9. The van der Waals surface area contributed by atoms with Gasteiger partial charge in [0.15, 0.2) is 0 Å². The Morgan fingerprint density at radius 3 is 2.25 bits per heavy atom. The Balaban J connectivity index is 1.77. The zero-order valence-electron chi connectivity index (χ0n) is 24.6. The Morgan fingerprint density at radius 1 is 0.955 bits per heavy atom. The van der Waals surface area contributed by atoms with E-state index in [1.807, 2.05) is 6.92 Å². The average molecular weight is 681 g/mol. The highest BCUT2D eigenvalue weighted by atomic mass is 35.5. The van der Waals surface area contributed by atoms with Crippen LogP contribution in [0.2, 0.25) is 15.1 Å². The molecule has 4 rings (SSSR count). The topological polar surface area (TPSA) is 96.0 Å². The number of benzene rings is 3. The highest BCUT2D eigenvalue weighted by molar-refractivity contribution is 7.92. The van der Waals surface area contributed by atoms with Crippen molar-refractivity contribution in [2.45, 2.75) is 69.0 Å². The molecule has 12 heteroatoms. The van der Waals surface area contributed by atoms with E-state index in [1.54, 1.807) is 42.5 Å². The molecule has 0 aromatic heterocycles. The van der Waals surface area contributed by atoms with Gasteiger partial charge in [0.25, 0.3) is 10.0 Å². The van der Waals surface area contributed by atoms with Gasteiger partial charge in [-0.05, 0) is 67.3 Å². The Kier molecular flexibility index (Phi) is 11.8. The molecule has 1 aliphatic rings. The van der Waals surface area contributed by atoms with E-state index in [2.05, 4.69) is 5.32 Å². The Bertz CT molecular complexity index is 1570. The van der Waals surface area contributed by atoms with Gasteiger partial charge in [0.2, 0.25) is 11.8 Å². The molecule has 2 amide bonds. The van der Waals surface area contributed by atoms with E-state index in [0.29, 0.717) is 22.0 Å². The van der Waals surface area contributed by atoms with Crippen LogP contribution < -0.4 is 14.4 Å². The van der Waals surface area contributed by atoms with Crippen LogP contribution in [0.4, 0.5) is 5.69 Å². The second kappa shape index (κ2) is 15.3. The van der Waals surface area contributed by atoms with E-state index in [0.717, 1.165) is 36.4 Å². The summed E-state index contributed by atoms with van der Waals surface area (Å²) in [5.74, 6) is -0.699. The molecule has 44 heavy (non-hydrogen) atoms. The molecule has 1 aliphatic carbocycles. The first-order chi connectivity index (χ1) is 21.0. The minimum absolute atomic E-state index is 0.0204. The maximum absolute atomic E-state index is 14.4. The molecule has 1 saturated carbocycles. The molecule has 1 atom stereocenters. The van der Waals surface area contributed by atoms with Crippen LogP contribution in [0.1, 0.15) is 51.0 Å². The van der Waals surface area contributed by atoms with E-state index in [4.69, 9.17) is 39.5 Å².